The SMILES string of the molecule is O=C1C2[C@@H]3C4C5[C@@H]6C7C8[C@H]5[C@@H]5[C@@H]4C1[C@H]1C4C([C@H]7[C@H]([C@H]24)[C@H]63)[C@@H]8[C@@H]15. The van der Waals surface area contributed by atoms with Gasteiger partial charge in [-0.05, 0) is 107 Å². The second-order valence-corrected chi connectivity index (χ2v) is 11.8. The van der Waals surface area contributed by atoms with Crippen molar-refractivity contribution in [2.45, 2.75) is 0 Å². The molecule has 1 nitrogen and oxygen atoms in total. The van der Waals surface area contributed by atoms with E-state index in [0.717, 1.165) is 100 Å². The van der Waals surface area contributed by atoms with Crippen LogP contribution in [0.15, 0.2) is 0 Å². The second kappa shape index (κ2) is 2.04. The summed E-state index contributed by atoms with van der Waals surface area (Å²) in [4.78, 5) is 13.5. The molecule has 0 heterocycles. The van der Waals surface area contributed by atoms with E-state index in [0.29, 0.717) is 11.8 Å². The van der Waals surface area contributed by atoms with Crippen molar-refractivity contribution in [3.8, 4) is 0 Å². The summed E-state index contributed by atoms with van der Waals surface area (Å²) >= 11 is 0. The van der Waals surface area contributed by atoms with Crippen molar-refractivity contribution in [2.24, 2.45) is 118 Å². The van der Waals surface area contributed by atoms with Crippen LogP contribution in [-0.4, -0.2) is 5.78 Å². The summed E-state index contributed by atoms with van der Waals surface area (Å²) in [7, 11) is 0. The first-order chi connectivity index (χ1) is 10.9. The molecule has 0 aromatic heterocycles. The van der Waals surface area contributed by atoms with Gasteiger partial charge in [0.15, 0.2) is 0 Å². The number of hydrogen-bond acceptors (Lipinski definition) is 1. The molecule has 0 saturated heterocycles. The molecule has 12 saturated carbocycles. The summed E-state index contributed by atoms with van der Waals surface area (Å²) < 4.78 is 0. The standard InChI is InChI=1S/C21H20O/c22-21-19-15-9-3-1-2-5-7(3)13(15)17-11(5)12-6(2)8-4(1)10(9)16(19)14(8)18(12)20(17)21/h1-20H/t1?,2?,3-,4-,5+,6+,7?,8?,9-,10-,11-,12+,13?,14?,15-,16-,17-,18+,19?,20?/m0/s1. The summed E-state index contributed by atoms with van der Waals surface area (Å²) in [5, 5.41) is 0. The lowest BCUT2D eigenvalue weighted by atomic mass is 9.53. The molecule has 2 bridgehead atoms. The van der Waals surface area contributed by atoms with Gasteiger partial charge in [-0.1, -0.05) is 0 Å². The third-order valence-electron chi connectivity index (χ3n) is 13.4. The molecular weight excluding hydrogens is 268 g/mol. The van der Waals surface area contributed by atoms with E-state index in [1.165, 1.54) is 11.8 Å². The highest BCUT2D eigenvalue weighted by atomic mass is 16.1. The van der Waals surface area contributed by atoms with E-state index in [4.69, 9.17) is 0 Å². The van der Waals surface area contributed by atoms with Crippen molar-refractivity contribution in [3.63, 3.8) is 0 Å². The van der Waals surface area contributed by atoms with Gasteiger partial charge in [-0.2, -0.15) is 0 Å². The molecule has 0 radical (unpaired) electrons. The molecular formula is C21H20O. The molecule has 0 aliphatic heterocycles. The normalized spacial score (nSPS) is 99.9. The first-order valence-electron chi connectivity index (χ1n) is 10.4. The Morgan fingerprint density at radius 2 is 0.500 bits per heavy atom. The Labute approximate surface area is 129 Å². The minimum Gasteiger partial charge on any atom is -0.299 e. The van der Waals surface area contributed by atoms with Crippen molar-refractivity contribution in [3.05, 3.63) is 0 Å². The summed E-state index contributed by atoms with van der Waals surface area (Å²) in [6.45, 7) is 0. The zero-order valence-electron chi connectivity index (χ0n) is 12.5. The van der Waals surface area contributed by atoms with Crippen LogP contribution in [0.25, 0.3) is 0 Å². The number of carbonyl (C=O) groups is 1. The van der Waals surface area contributed by atoms with E-state index in [1.54, 1.807) is 0 Å². The van der Waals surface area contributed by atoms with Crippen LogP contribution in [0.4, 0.5) is 0 Å². The molecule has 22 heavy (non-hydrogen) atoms. The topological polar surface area (TPSA) is 17.1 Å². The van der Waals surface area contributed by atoms with Crippen molar-refractivity contribution in [2.75, 3.05) is 0 Å². The van der Waals surface area contributed by atoms with Crippen LogP contribution in [-0.2, 0) is 4.79 Å². The molecule has 12 aliphatic carbocycles. The lowest BCUT2D eigenvalue weighted by molar-refractivity contribution is -0.147. The van der Waals surface area contributed by atoms with Crippen molar-refractivity contribution < 1.29 is 4.79 Å². The smallest absolute Gasteiger partial charge is 0.140 e. The van der Waals surface area contributed by atoms with Gasteiger partial charge < -0.3 is 0 Å². The summed E-state index contributed by atoms with van der Waals surface area (Å²) in [6.07, 6.45) is 0. The molecule has 0 amide bonds. The van der Waals surface area contributed by atoms with Crippen LogP contribution in [0.5, 0.6) is 0 Å². The van der Waals surface area contributed by atoms with Crippen LogP contribution < -0.4 is 0 Å². The van der Waals surface area contributed by atoms with Gasteiger partial charge in [0, 0.05) is 11.8 Å². The van der Waals surface area contributed by atoms with Gasteiger partial charge in [0.1, 0.15) is 5.78 Å². The zero-order chi connectivity index (χ0) is 13.1. The maximum absolute atomic E-state index is 13.5. The van der Waals surface area contributed by atoms with Gasteiger partial charge in [0.2, 0.25) is 0 Å². The molecule has 1 heteroatoms. The van der Waals surface area contributed by atoms with Crippen LogP contribution in [0.1, 0.15) is 0 Å². The van der Waals surface area contributed by atoms with Crippen molar-refractivity contribution in [1.82, 2.24) is 0 Å². The van der Waals surface area contributed by atoms with Gasteiger partial charge >= 0.3 is 0 Å². The predicted molar refractivity (Wildman–Crippen MR) is 74.8 cm³/mol. The Bertz CT molecular complexity index is 684. The Morgan fingerprint density at radius 3 is 0.773 bits per heavy atom. The molecule has 0 aromatic rings. The molecule has 12 rings (SSSR count). The average molecular weight is 288 g/mol. The molecule has 0 spiro atoms. The number of rotatable bonds is 0. The van der Waals surface area contributed by atoms with Gasteiger partial charge in [0.05, 0.1) is 0 Å². The predicted octanol–water partition coefficient (Wildman–Crippen LogP) is 2.03. The van der Waals surface area contributed by atoms with E-state index in [9.17, 15) is 4.79 Å². The fraction of sp³-hybridized carbons (Fsp3) is 0.952. The van der Waals surface area contributed by atoms with Crippen LogP contribution in [0.2, 0.25) is 0 Å². The Hall–Kier alpha value is -0.330. The lowest BCUT2D eigenvalue weighted by Gasteiger charge is -2.49. The number of Topliss-reactive ketones (excluding diaryl/α,β-unsaturated/α-hetero) is 1. The van der Waals surface area contributed by atoms with E-state index in [1.807, 2.05) is 0 Å². The first kappa shape index (κ1) is 9.23. The maximum Gasteiger partial charge on any atom is 0.140 e. The second-order valence-electron chi connectivity index (χ2n) is 11.8. The largest absolute Gasteiger partial charge is 0.299 e. The third kappa shape index (κ3) is 0.448. The van der Waals surface area contributed by atoms with E-state index in [-0.39, 0.29) is 0 Å². The fourth-order valence-corrected chi connectivity index (χ4v) is 15.2. The van der Waals surface area contributed by atoms with Crippen molar-refractivity contribution in [1.29, 1.82) is 0 Å². The fourth-order valence-electron chi connectivity index (χ4n) is 15.2. The van der Waals surface area contributed by atoms with Crippen LogP contribution in [0.3, 0.4) is 0 Å². The van der Waals surface area contributed by atoms with Gasteiger partial charge in [-0.25, -0.2) is 0 Å². The highest BCUT2D eigenvalue weighted by Gasteiger charge is 2.97. The number of carbonyl (C=O) groups excluding carboxylic acids is 1. The molecule has 110 valence electrons. The number of hydrogen-bond donors (Lipinski definition) is 0. The molecule has 20 atom stereocenters. The highest BCUT2D eigenvalue weighted by Crippen LogP contribution is 2.99. The van der Waals surface area contributed by atoms with E-state index in [2.05, 4.69) is 0 Å². The third-order valence-corrected chi connectivity index (χ3v) is 13.4. The molecule has 0 aromatic carbocycles. The zero-order valence-corrected chi connectivity index (χ0v) is 12.5. The van der Waals surface area contributed by atoms with Crippen LogP contribution in [0, 0.1) is 118 Å². The van der Waals surface area contributed by atoms with Gasteiger partial charge in [0.25, 0.3) is 0 Å². The first-order valence-corrected chi connectivity index (χ1v) is 10.4. The van der Waals surface area contributed by atoms with E-state index >= 15 is 0 Å². The Morgan fingerprint density at radius 1 is 0.318 bits per heavy atom. The number of ketones is 1. The molecule has 12 fully saturated rings. The summed E-state index contributed by atoms with van der Waals surface area (Å²) in [6, 6.07) is 0. The van der Waals surface area contributed by atoms with Crippen molar-refractivity contribution >= 4 is 5.78 Å². The average Bonchev–Trinajstić information content (AvgIpc) is 3.20. The molecule has 12 aliphatic rings. The van der Waals surface area contributed by atoms with Gasteiger partial charge in [-0.3, -0.25) is 4.79 Å². The molecule has 0 N–H and O–H groups in total. The summed E-state index contributed by atoms with van der Waals surface area (Å²) in [5.74, 6) is 21.8. The minimum absolute atomic E-state index is 0.620. The van der Waals surface area contributed by atoms with Crippen LogP contribution >= 0.6 is 0 Å². The summed E-state index contributed by atoms with van der Waals surface area (Å²) in [5.41, 5.74) is 0. The monoisotopic (exact) mass is 288 g/mol. The Kier molecular flexibility index (Phi) is 0.854. The van der Waals surface area contributed by atoms with E-state index < -0.39 is 0 Å². The molecule has 8 unspecified atom stereocenters. The minimum atomic E-state index is 0.620. The quantitative estimate of drug-likeness (QED) is 0.666. The Balaban J connectivity index is 1.47. The maximum atomic E-state index is 13.5. The van der Waals surface area contributed by atoms with Gasteiger partial charge in [-0.15, -0.1) is 0 Å². The highest BCUT2D eigenvalue weighted by molar-refractivity contribution is 5.89. The lowest BCUT2D eigenvalue weighted by Crippen LogP contribution is -2.53.